The fraction of sp³-hybridized carbons (Fsp3) is 0.560. The van der Waals surface area contributed by atoms with Gasteiger partial charge in [0.1, 0.15) is 0 Å². The Balaban J connectivity index is 1.78. The molecule has 1 aromatic carbocycles. The van der Waals surface area contributed by atoms with Crippen LogP contribution in [0.2, 0.25) is 0 Å². The molecule has 1 aliphatic rings. The third-order valence-electron chi connectivity index (χ3n) is 5.77. The largest absolute Gasteiger partial charge is 0.393 e. The fourth-order valence-corrected chi connectivity index (χ4v) is 4.06. The number of aryl methyl sites for hydroxylation is 1. The summed E-state index contributed by atoms with van der Waals surface area (Å²) < 4.78 is 0. The Kier molecular flexibility index (Phi) is 10.8. The lowest BCUT2D eigenvalue weighted by Gasteiger charge is -2.19. The normalized spacial score (nSPS) is 25.2. The number of nitrogens with one attached hydrogen (secondary N) is 1. The number of carbonyl (C=O) groups excluding carboxylic acids is 1. The predicted octanol–water partition coefficient (Wildman–Crippen LogP) is 3.15. The van der Waals surface area contributed by atoms with E-state index in [-0.39, 0.29) is 17.7 Å². The number of aliphatic hydroxyl groups is 3. The van der Waals surface area contributed by atoms with Crippen molar-refractivity contribution in [3.05, 3.63) is 60.2 Å². The third-order valence-corrected chi connectivity index (χ3v) is 5.77. The molecule has 0 heterocycles. The molecule has 0 radical (unpaired) electrons. The maximum absolute atomic E-state index is 11.4. The van der Waals surface area contributed by atoms with E-state index >= 15 is 0 Å². The lowest BCUT2D eigenvalue weighted by atomic mass is 9.89. The van der Waals surface area contributed by atoms with Crippen LogP contribution in [0.3, 0.4) is 0 Å². The molecule has 2 rings (SSSR count). The Hall–Kier alpha value is -1.95. The second-order valence-electron chi connectivity index (χ2n) is 8.14. The number of unbranched alkanes of at least 4 members (excludes halogenated alkanes) is 1. The van der Waals surface area contributed by atoms with Crippen LogP contribution in [-0.4, -0.2) is 46.1 Å². The molecule has 1 aliphatic carbocycles. The van der Waals surface area contributed by atoms with E-state index in [1.807, 2.05) is 55.5 Å². The summed E-state index contributed by atoms with van der Waals surface area (Å²) in [4.78, 5) is 11.4. The number of allylic oxidation sites excluding steroid dienone is 2. The van der Waals surface area contributed by atoms with Gasteiger partial charge in [0.05, 0.1) is 18.3 Å². The molecule has 0 aromatic heterocycles. The van der Waals surface area contributed by atoms with Crippen LogP contribution in [0, 0.1) is 11.8 Å². The van der Waals surface area contributed by atoms with E-state index in [1.165, 1.54) is 5.56 Å². The van der Waals surface area contributed by atoms with E-state index in [4.69, 9.17) is 0 Å². The van der Waals surface area contributed by atoms with Gasteiger partial charge in [-0.15, -0.1) is 0 Å². The van der Waals surface area contributed by atoms with Crippen LogP contribution in [-0.2, 0) is 11.2 Å². The summed E-state index contributed by atoms with van der Waals surface area (Å²) >= 11 is 0. The van der Waals surface area contributed by atoms with Gasteiger partial charge in [-0.3, -0.25) is 4.79 Å². The molecule has 166 valence electrons. The Morgan fingerprint density at radius 1 is 1.20 bits per heavy atom. The van der Waals surface area contributed by atoms with Gasteiger partial charge < -0.3 is 20.6 Å². The molecule has 0 spiro atoms. The van der Waals surface area contributed by atoms with E-state index in [1.54, 1.807) is 6.08 Å². The van der Waals surface area contributed by atoms with Crippen molar-refractivity contribution in [3.8, 4) is 0 Å². The first kappa shape index (κ1) is 24.3. The van der Waals surface area contributed by atoms with Crippen molar-refractivity contribution < 1.29 is 20.1 Å². The average molecular weight is 416 g/mol. The molecular formula is C25H37NO4. The zero-order valence-electron chi connectivity index (χ0n) is 18.0. The summed E-state index contributed by atoms with van der Waals surface area (Å²) in [5, 5.41) is 33.8. The van der Waals surface area contributed by atoms with Gasteiger partial charge in [0.2, 0.25) is 5.91 Å². The Morgan fingerprint density at radius 3 is 2.70 bits per heavy atom. The zero-order valence-corrected chi connectivity index (χ0v) is 18.0. The second kappa shape index (κ2) is 13.4. The number of carbonyl (C=O) groups is 1. The maximum Gasteiger partial charge on any atom is 0.219 e. The highest BCUT2D eigenvalue weighted by Gasteiger charge is 2.39. The fourth-order valence-electron chi connectivity index (χ4n) is 4.06. The first-order valence-corrected chi connectivity index (χ1v) is 11.2. The van der Waals surface area contributed by atoms with E-state index in [9.17, 15) is 20.1 Å². The first-order valence-electron chi connectivity index (χ1n) is 11.2. The lowest BCUT2D eigenvalue weighted by Crippen LogP contribution is -2.21. The van der Waals surface area contributed by atoms with Crippen LogP contribution in [0.5, 0.6) is 0 Å². The summed E-state index contributed by atoms with van der Waals surface area (Å²) in [6.07, 6.45) is 10.6. The number of amides is 1. The van der Waals surface area contributed by atoms with Gasteiger partial charge in [-0.1, -0.05) is 54.6 Å². The van der Waals surface area contributed by atoms with Gasteiger partial charge in [0, 0.05) is 25.3 Å². The molecule has 5 heteroatoms. The summed E-state index contributed by atoms with van der Waals surface area (Å²) in [5.74, 6) is -0.139. The van der Waals surface area contributed by atoms with Crippen molar-refractivity contribution in [1.82, 2.24) is 5.32 Å². The van der Waals surface area contributed by atoms with Crippen LogP contribution in [0.15, 0.2) is 54.6 Å². The topological polar surface area (TPSA) is 89.8 Å². The van der Waals surface area contributed by atoms with E-state index < -0.39 is 18.3 Å². The maximum atomic E-state index is 11.4. The number of benzene rings is 1. The molecule has 4 N–H and O–H groups in total. The van der Waals surface area contributed by atoms with Crippen molar-refractivity contribution in [2.24, 2.45) is 11.8 Å². The Labute approximate surface area is 180 Å². The molecule has 0 aliphatic heterocycles. The van der Waals surface area contributed by atoms with Crippen molar-refractivity contribution in [1.29, 1.82) is 0 Å². The predicted molar refractivity (Wildman–Crippen MR) is 120 cm³/mol. The summed E-state index contributed by atoms with van der Waals surface area (Å²) in [6, 6.07) is 10.1. The van der Waals surface area contributed by atoms with Gasteiger partial charge in [-0.05, 0) is 50.5 Å². The molecular weight excluding hydrogens is 378 g/mol. The summed E-state index contributed by atoms with van der Waals surface area (Å²) in [6.45, 7) is 2.57. The molecule has 1 aromatic rings. The quantitative estimate of drug-likeness (QED) is 0.312. The van der Waals surface area contributed by atoms with E-state index in [0.29, 0.717) is 32.2 Å². The van der Waals surface area contributed by atoms with E-state index in [2.05, 4.69) is 5.32 Å². The second-order valence-corrected chi connectivity index (χ2v) is 8.14. The first-order chi connectivity index (χ1) is 14.5. The number of rotatable bonds is 12. The molecule has 30 heavy (non-hydrogen) atoms. The van der Waals surface area contributed by atoms with Crippen LogP contribution >= 0.6 is 0 Å². The van der Waals surface area contributed by atoms with Crippen molar-refractivity contribution in [3.63, 3.8) is 0 Å². The lowest BCUT2D eigenvalue weighted by molar-refractivity contribution is -0.121. The standard InChI is InChI=1S/C25H37NO4/c1-2-26-25(30)13-9-4-3-8-12-21-22(24(29)18-23(21)28)17-16-20(27)15-14-19-10-6-5-7-11-19/h3,5-8,10-11,16-17,20-24,27-29H,2,4,9,12-15,18H2,1H3,(H,26,30)/b8-3-,17-16+/t20-,21-,22+,23+,24-/m1/s1. The minimum absolute atomic E-state index is 0.0581. The van der Waals surface area contributed by atoms with Crippen LogP contribution < -0.4 is 5.32 Å². The van der Waals surface area contributed by atoms with Gasteiger partial charge in [-0.25, -0.2) is 0 Å². The summed E-state index contributed by atoms with van der Waals surface area (Å²) in [7, 11) is 0. The Morgan fingerprint density at radius 2 is 1.97 bits per heavy atom. The average Bonchev–Trinajstić information content (AvgIpc) is 3.00. The SMILES string of the molecule is CCNC(=O)CCC/C=C\C[C@@H]1[C@H](/C=C/[C@H](O)CCc2ccccc2)[C@H](O)C[C@@H]1O. The van der Waals surface area contributed by atoms with Gasteiger partial charge in [0.25, 0.3) is 0 Å². The minimum atomic E-state index is -0.589. The zero-order chi connectivity index (χ0) is 21.8. The summed E-state index contributed by atoms with van der Waals surface area (Å²) in [5.41, 5.74) is 1.19. The number of hydrogen-bond acceptors (Lipinski definition) is 4. The monoisotopic (exact) mass is 415 g/mol. The minimum Gasteiger partial charge on any atom is -0.393 e. The third kappa shape index (κ3) is 8.42. The van der Waals surface area contributed by atoms with Crippen molar-refractivity contribution in [2.45, 2.75) is 70.2 Å². The molecule has 5 nitrogen and oxygen atoms in total. The molecule has 1 fully saturated rings. The van der Waals surface area contributed by atoms with Crippen molar-refractivity contribution >= 4 is 5.91 Å². The molecule has 0 unspecified atom stereocenters. The molecule has 5 atom stereocenters. The molecule has 1 saturated carbocycles. The highest BCUT2D eigenvalue weighted by molar-refractivity contribution is 5.75. The van der Waals surface area contributed by atoms with Crippen LogP contribution in [0.1, 0.15) is 51.0 Å². The Bertz CT molecular complexity index is 673. The highest BCUT2D eigenvalue weighted by Crippen LogP contribution is 2.36. The van der Waals surface area contributed by atoms with Crippen LogP contribution in [0.4, 0.5) is 0 Å². The number of hydrogen-bond donors (Lipinski definition) is 4. The molecule has 1 amide bonds. The van der Waals surface area contributed by atoms with Gasteiger partial charge in [-0.2, -0.15) is 0 Å². The van der Waals surface area contributed by atoms with Crippen LogP contribution in [0.25, 0.3) is 0 Å². The van der Waals surface area contributed by atoms with Gasteiger partial charge in [0.15, 0.2) is 0 Å². The molecule has 0 saturated heterocycles. The van der Waals surface area contributed by atoms with Gasteiger partial charge >= 0.3 is 0 Å². The number of aliphatic hydroxyl groups excluding tert-OH is 3. The highest BCUT2D eigenvalue weighted by atomic mass is 16.3. The van der Waals surface area contributed by atoms with E-state index in [0.717, 1.165) is 19.3 Å². The molecule has 0 bridgehead atoms. The smallest absolute Gasteiger partial charge is 0.219 e. The van der Waals surface area contributed by atoms with Crippen molar-refractivity contribution in [2.75, 3.05) is 6.54 Å².